The lowest BCUT2D eigenvalue weighted by molar-refractivity contribution is 0.0693. The van der Waals surface area contributed by atoms with Crippen molar-refractivity contribution in [1.82, 2.24) is 4.90 Å². The Balaban J connectivity index is 2.34. The number of hydrogen-bond donors (Lipinski definition) is 1. The molecular weight excluding hydrogens is 272 g/mol. The van der Waals surface area contributed by atoms with Gasteiger partial charge in [-0.25, -0.2) is 0 Å². The van der Waals surface area contributed by atoms with E-state index < -0.39 is 0 Å². The Hall–Kier alpha value is -1.36. The number of imide groups is 1. The lowest BCUT2D eigenvalue weighted by Gasteiger charge is -2.04. The van der Waals surface area contributed by atoms with Gasteiger partial charge in [0.1, 0.15) is 0 Å². The Morgan fingerprint density at radius 1 is 1.25 bits per heavy atom. The molecule has 0 bridgehead atoms. The molecule has 0 atom stereocenters. The van der Waals surface area contributed by atoms with E-state index in [9.17, 15) is 9.59 Å². The Labute approximate surface area is 102 Å². The molecule has 1 aromatic carbocycles. The fraction of sp³-hybridized carbons (Fsp3) is 0.273. The van der Waals surface area contributed by atoms with Crippen LogP contribution < -0.4 is 5.32 Å². The van der Waals surface area contributed by atoms with Crippen molar-refractivity contribution in [3.63, 3.8) is 0 Å². The molecule has 16 heavy (non-hydrogen) atoms. The van der Waals surface area contributed by atoms with Crippen LogP contribution in [0.3, 0.4) is 0 Å². The van der Waals surface area contributed by atoms with E-state index in [1.807, 2.05) is 6.07 Å². The minimum absolute atomic E-state index is 0.230. The molecule has 4 nitrogen and oxygen atoms in total. The van der Waals surface area contributed by atoms with Gasteiger partial charge in [0.15, 0.2) is 0 Å². The van der Waals surface area contributed by atoms with Crippen molar-refractivity contribution in [3.8, 4) is 0 Å². The van der Waals surface area contributed by atoms with Crippen LogP contribution in [0.1, 0.15) is 20.7 Å². The average Bonchev–Trinajstić information content (AvgIpc) is 2.52. The summed E-state index contributed by atoms with van der Waals surface area (Å²) < 4.78 is 0. The smallest absolute Gasteiger partial charge is 0.261 e. The maximum absolute atomic E-state index is 11.7. The van der Waals surface area contributed by atoms with E-state index in [4.69, 9.17) is 0 Å². The minimum atomic E-state index is -0.234. The zero-order valence-corrected chi connectivity index (χ0v) is 10.4. The topological polar surface area (TPSA) is 49.4 Å². The predicted octanol–water partition coefficient (Wildman–Crippen LogP) is 1.72. The Kier molecular flexibility index (Phi) is 2.96. The monoisotopic (exact) mass is 282 g/mol. The highest BCUT2D eigenvalue weighted by Gasteiger charge is 2.32. The van der Waals surface area contributed by atoms with Gasteiger partial charge in [-0.05, 0) is 18.2 Å². The van der Waals surface area contributed by atoms with Crippen molar-refractivity contribution >= 4 is 33.4 Å². The largest absolute Gasteiger partial charge is 0.384 e. The van der Waals surface area contributed by atoms with Gasteiger partial charge < -0.3 is 5.32 Å². The number of nitrogens with one attached hydrogen (secondary N) is 1. The van der Waals surface area contributed by atoms with Crippen molar-refractivity contribution in [2.45, 2.75) is 0 Å². The molecule has 1 heterocycles. The first-order chi connectivity index (χ1) is 7.65. The molecule has 2 amide bonds. The summed E-state index contributed by atoms with van der Waals surface area (Å²) in [6.45, 7) is 0.775. The highest BCUT2D eigenvalue weighted by molar-refractivity contribution is 9.09. The first kappa shape index (κ1) is 11.1. The Morgan fingerprint density at radius 2 is 1.94 bits per heavy atom. The van der Waals surface area contributed by atoms with Gasteiger partial charge in [-0.15, -0.1) is 0 Å². The number of carbonyl (C=O) groups is 2. The third-order valence-corrected chi connectivity index (χ3v) is 2.91. The molecule has 5 heteroatoms. The molecule has 2 rings (SSSR count). The standard InChI is InChI=1S/C11H11BrN2O2/c1-14-10(15)8-3-2-7(13-5-4-12)6-9(8)11(14)16/h2-3,6,13H,4-5H2,1H3. The normalized spacial score (nSPS) is 14.2. The van der Waals surface area contributed by atoms with Crippen LogP contribution >= 0.6 is 15.9 Å². The number of benzene rings is 1. The van der Waals surface area contributed by atoms with Gasteiger partial charge in [-0.3, -0.25) is 14.5 Å². The van der Waals surface area contributed by atoms with Crippen LogP contribution in [0.5, 0.6) is 0 Å². The summed E-state index contributed by atoms with van der Waals surface area (Å²) in [6, 6.07) is 5.23. The molecule has 0 radical (unpaired) electrons. The quantitative estimate of drug-likeness (QED) is 0.678. The van der Waals surface area contributed by atoms with Gasteiger partial charge in [0.05, 0.1) is 11.1 Å². The van der Waals surface area contributed by atoms with Gasteiger partial charge >= 0.3 is 0 Å². The molecule has 1 aliphatic heterocycles. The van der Waals surface area contributed by atoms with Crippen LogP contribution in [-0.4, -0.2) is 35.6 Å². The zero-order chi connectivity index (χ0) is 11.7. The number of hydrogen-bond acceptors (Lipinski definition) is 3. The molecule has 1 aromatic rings. The molecule has 0 spiro atoms. The van der Waals surface area contributed by atoms with E-state index in [1.54, 1.807) is 12.1 Å². The Morgan fingerprint density at radius 3 is 2.62 bits per heavy atom. The zero-order valence-electron chi connectivity index (χ0n) is 8.79. The Bertz CT molecular complexity index is 459. The lowest BCUT2D eigenvalue weighted by Crippen LogP contribution is -2.24. The number of nitrogens with zero attached hydrogens (tertiary/aromatic N) is 1. The molecule has 0 aliphatic carbocycles. The number of amides is 2. The highest BCUT2D eigenvalue weighted by Crippen LogP contribution is 2.24. The van der Waals surface area contributed by atoms with E-state index in [2.05, 4.69) is 21.2 Å². The van der Waals surface area contributed by atoms with E-state index in [1.165, 1.54) is 7.05 Å². The van der Waals surface area contributed by atoms with Crippen LogP contribution in [-0.2, 0) is 0 Å². The van der Waals surface area contributed by atoms with Crippen molar-refractivity contribution < 1.29 is 9.59 Å². The van der Waals surface area contributed by atoms with Gasteiger partial charge in [0.2, 0.25) is 0 Å². The molecule has 0 aromatic heterocycles. The molecule has 0 saturated carbocycles. The molecule has 0 fully saturated rings. The number of alkyl halides is 1. The number of anilines is 1. The predicted molar refractivity (Wildman–Crippen MR) is 65.1 cm³/mol. The number of rotatable bonds is 3. The van der Waals surface area contributed by atoms with E-state index in [-0.39, 0.29) is 11.8 Å². The first-order valence-electron chi connectivity index (χ1n) is 4.91. The van der Waals surface area contributed by atoms with Gasteiger partial charge in [-0.1, -0.05) is 15.9 Å². The van der Waals surface area contributed by atoms with Crippen molar-refractivity contribution in [1.29, 1.82) is 0 Å². The van der Waals surface area contributed by atoms with Gasteiger partial charge in [-0.2, -0.15) is 0 Å². The van der Waals surface area contributed by atoms with Crippen molar-refractivity contribution in [3.05, 3.63) is 29.3 Å². The second-order valence-electron chi connectivity index (χ2n) is 3.55. The molecule has 1 aliphatic rings. The molecule has 84 valence electrons. The van der Waals surface area contributed by atoms with Crippen LogP contribution in [0, 0.1) is 0 Å². The maximum atomic E-state index is 11.7. The second kappa shape index (κ2) is 4.25. The van der Waals surface area contributed by atoms with Gasteiger partial charge in [0, 0.05) is 24.6 Å². The number of halogens is 1. The minimum Gasteiger partial charge on any atom is -0.384 e. The molecule has 0 unspecified atom stereocenters. The highest BCUT2D eigenvalue weighted by atomic mass is 79.9. The van der Waals surface area contributed by atoms with E-state index in [0.29, 0.717) is 11.1 Å². The molecular formula is C11H11BrN2O2. The summed E-state index contributed by atoms with van der Waals surface area (Å²) in [5.74, 6) is -0.463. The lowest BCUT2D eigenvalue weighted by atomic mass is 10.1. The fourth-order valence-electron chi connectivity index (χ4n) is 1.66. The van der Waals surface area contributed by atoms with Crippen molar-refractivity contribution in [2.75, 3.05) is 24.2 Å². The van der Waals surface area contributed by atoms with Crippen LogP contribution in [0.25, 0.3) is 0 Å². The van der Waals surface area contributed by atoms with E-state index in [0.717, 1.165) is 22.5 Å². The summed E-state index contributed by atoms with van der Waals surface area (Å²) in [6.07, 6.45) is 0. The number of carbonyl (C=O) groups excluding carboxylic acids is 2. The summed E-state index contributed by atoms with van der Waals surface area (Å²) in [5, 5.41) is 3.98. The third-order valence-electron chi connectivity index (χ3n) is 2.51. The third kappa shape index (κ3) is 1.71. The molecule has 0 saturated heterocycles. The van der Waals surface area contributed by atoms with Crippen molar-refractivity contribution in [2.24, 2.45) is 0 Å². The van der Waals surface area contributed by atoms with Gasteiger partial charge in [0.25, 0.3) is 11.8 Å². The summed E-state index contributed by atoms with van der Waals surface area (Å²) in [7, 11) is 1.50. The number of fused-ring (bicyclic) bond motifs is 1. The fourth-order valence-corrected chi connectivity index (χ4v) is 1.86. The summed E-state index contributed by atoms with van der Waals surface area (Å²) >= 11 is 3.31. The van der Waals surface area contributed by atoms with Crippen LogP contribution in [0.15, 0.2) is 18.2 Å². The summed E-state index contributed by atoms with van der Waals surface area (Å²) in [5.41, 5.74) is 1.82. The van der Waals surface area contributed by atoms with E-state index >= 15 is 0 Å². The maximum Gasteiger partial charge on any atom is 0.261 e. The van der Waals surface area contributed by atoms with Crippen LogP contribution in [0.4, 0.5) is 5.69 Å². The van der Waals surface area contributed by atoms with Crippen LogP contribution in [0.2, 0.25) is 0 Å². The molecule has 1 N–H and O–H groups in total. The first-order valence-corrected chi connectivity index (χ1v) is 6.03. The summed E-state index contributed by atoms with van der Waals surface area (Å²) in [4.78, 5) is 24.4. The SMILES string of the molecule is CN1C(=O)c2ccc(NCCBr)cc2C1=O. The second-order valence-corrected chi connectivity index (χ2v) is 4.34. The average molecular weight is 283 g/mol.